The molecule has 5 N–H and O–H groups in total. The molecule has 7 nitrogen and oxygen atoms in total. The predicted octanol–water partition coefficient (Wildman–Crippen LogP) is -0.0108. The van der Waals surface area contributed by atoms with Crippen molar-refractivity contribution in [1.29, 1.82) is 0 Å². The first kappa shape index (κ1) is 13.0. The minimum absolute atomic E-state index is 0.0367. The number of carbonyl (C=O) groups is 1. The first-order valence-corrected chi connectivity index (χ1v) is 5.18. The van der Waals surface area contributed by atoms with E-state index in [1.54, 1.807) is 6.07 Å². The van der Waals surface area contributed by atoms with Crippen LogP contribution in [-0.2, 0) is 4.79 Å². The Balaban J connectivity index is 2.93. The monoisotopic (exact) mass is 239 g/mol. The number of carbonyl (C=O) groups excluding carboxylic acids is 1. The number of nitrogens with one attached hydrogen (secondary N) is 1. The summed E-state index contributed by atoms with van der Waals surface area (Å²) in [5, 5.41) is 2.91. The van der Waals surface area contributed by atoms with E-state index in [-0.39, 0.29) is 11.9 Å². The van der Waals surface area contributed by atoms with Crippen LogP contribution in [-0.4, -0.2) is 29.0 Å². The summed E-state index contributed by atoms with van der Waals surface area (Å²) in [5.74, 6) is 0.392. The molecule has 0 radical (unpaired) electrons. The Bertz CT molecular complexity index is 408. The van der Waals surface area contributed by atoms with Gasteiger partial charge in [-0.15, -0.1) is 0 Å². The van der Waals surface area contributed by atoms with Crippen LogP contribution in [0.2, 0.25) is 0 Å². The van der Waals surface area contributed by atoms with Gasteiger partial charge < -0.3 is 21.5 Å². The molecule has 94 valence electrons. The maximum absolute atomic E-state index is 11.2. The minimum Gasteiger partial charge on any atom is -0.481 e. The Hall–Kier alpha value is -2.05. The molecular formula is C10H17N5O2. The second-order valence-electron chi connectivity index (χ2n) is 3.92. The van der Waals surface area contributed by atoms with Gasteiger partial charge in [-0.1, -0.05) is 13.8 Å². The van der Waals surface area contributed by atoms with Gasteiger partial charge >= 0.3 is 0 Å². The molecule has 1 atom stereocenters. The maximum atomic E-state index is 11.2. The van der Waals surface area contributed by atoms with Crippen molar-refractivity contribution in [2.45, 2.75) is 19.9 Å². The lowest BCUT2D eigenvalue weighted by molar-refractivity contribution is -0.119. The van der Waals surface area contributed by atoms with Crippen LogP contribution in [0.15, 0.2) is 6.07 Å². The summed E-state index contributed by atoms with van der Waals surface area (Å²) >= 11 is 0. The van der Waals surface area contributed by atoms with Gasteiger partial charge in [-0.25, -0.2) is 0 Å². The van der Waals surface area contributed by atoms with Crippen LogP contribution in [0.5, 0.6) is 5.88 Å². The lowest BCUT2D eigenvalue weighted by Crippen LogP contribution is -2.39. The van der Waals surface area contributed by atoms with E-state index in [9.17, 15) is 4.79 Å². The SMILES string of the molecule is COc1cc(NC(C(N)=O)C(C)C)nc(N)n1. The van der Waals surface area contributed by atoms with Gasteiger partial charge in [0.05, 0.1) is 7.11 Å². The highest BCUT2D eigenvalue weighted by molar-refractivity contribution is 5.83. The highest BCUT2D eigenvalue weighted by Gasteiger charge is 2.20. The lowest BCUT2D eigenvalue weighted by Gasteiger charge is -2.19. The van der Waals surface area contributed by atoms with Crippen molar-refractivity contribution in [1.82, 2.24) is 9.97 Å². The van der Waals surface area contributed by atoms with Crippen molar-refractivity contribution in [2.75, 3.05) is 18.2 Å². The molecule has 0 bridgehead atoms. The van der Waals surface area contributed by atoms with E-state index in [1.165, 1.54) is 7.11 Å². The van der Waals surface area contributed by atoms with Gasteiger partial charge in [0.2, 0.25) is 17.7 Å². The number of amides is 1. The summed E-state index contributed by atoms with van der Waals surface area (Å²) < 4.78 is 4.95. The van der Waals surface area contributed by atoms with Gasteiger partial charge in [0, 0.05) is 6.07 Å². The topological polar surface area (TPSA) is 116 Å². The zero-order valence-electron chi connectivity index (χ0n) is 10.1. The first-order chi connectivity index (χ1) is 7.93. The number of primary amides is 1. The normalized spacial score (nSPS) is 12.2. The number of nitrogens with two attached hydrogens (primary N) is 2. The number of nitrogens with zero attached hydrogens (tertiary/aromatic N) is 2. The second kappa shape index (κ2) is 5.33. The Kier molecular flexibility index (Phi) is 4.08. The van der Waals surface area contributed by atoms with Crippen molar-refractivity contribution < 1.29 is 9.53 Å². The van der Waals surface area contributed by atoms with Gasteiger partial charge in [-0.2, -0.15) is 9.97 Å². The highest BCUT2D eigenvalue weighted by Crippen LogP contribution is 2.16. The van der Waals surface area contributed by atoms with Gasteiger partial charge in [0.15, 0.2) is 0 Å². The average molecular weight is 239 g/mol. The number of ether oxygens (including phenoxy) is 1. The molecule has 0 aliphatic carbocycles. The van der Waals surface area contributed by atoms with Crippen molar-refractivity contribution >= 4 is 17.7 Å². The van der Waals surface area contributed by atoms with Crippen LogP contribution >= 0.6 is 0 Å². The van der Waals surface area contributed by atoms with Crippen LogP contribution in [0.4, 0.5) is 11.8 Å². The molecule has 0 aromatic carbocycles. The molecule has 1 aromatic heterocycles. The van der Waals surface area contributed by atoms with E-state index in [0.717, 1.165) is 0 Å². The number of rotatable bonds is 5. The van der Waals surface area contributed by atoms with Crippen LogP contribution in [0.1, 0.15) is 13.8 Å². The largest absolute Gasteiger partial charge is 0.481 e. The molecule has 1 amide bonds. The molecular weight excluding hydrogens is 222 g/mol. The van der Waals surface area contributed by atoms with Crippen molar-refractivity contribution in [3.63, 3.8) is 0 Å². The molecule has 0 spiro atoms. The summed E-state index contributed by atoms with van der Waals surface area (Å²) in [6.07, 6.45) is 0. The fraction of sp³-hybridized carbons (Fsp3) is 0.500. The first-order valence-electron chi connectivity index (χ1n) is 5.18. The number of anilines is 2. The van der Waals surface area contributed by atoms with Gasteiger partial charge in [0.25, 0.3) is 0 Å². The van der Waals surface area contributed by atoms with E-state index >= 15 is 0 Å². The van der Waals surface area contributed by atoms with Crippen LogP contribution in [0.3, 0.4) is 0 Å². The number of hydrogen-bond acceptors (Lipinski definition) is 6. The zero-order valence-corrected chi connectivity index (χ0v) is 10.1. The fourth-order valence-corrected chi connectivity index (χ4v) is 1.35. The third kappa shape index (κ3) is 3.47. The lowest BCUT2D eigenvalue weighted by atomic mass is 10.0. The molecule has 0 saturated heterocycles. The summed E-state index contributed by atoms with van der Waals surface area (Å²) in [4.78, 5) is 19.0. The molecule has 1 rings (SSSR count). The average Bonchev–Trinajstić information content (AvgIpc) is 2.24. The Morgan fingerprint density at radius 1 is 1.47 bits per heavy atom. The maximum Gasteiger partial charge on any atom is 0.240 e. The molecule has 0 aliphatic rings. The van der Waals surface area contributed by atoms with E-state index < -0.39 is 11.9 Å². The summed E-state index contributed by atoms with van der Waals surface area (Å²) in [6.45, 7) is 3.76. The third-order valence-electron chi connectivity index (χ3n) is 2.21. The number of methoxy groups -OCH3 is 1. The quantitative estimate of drug-likeness (QED) is 0.665. The van der Waals surface area contributed by atoms with Gasteiger partial charge in [-0.05, 0) is 5.92 Å². The standard InChI is InChI=1S/C10H17N5O2/c1-5(2)8(9(11)16)13-6-4-7(17-3)15-10(12)14-6/h4-5,8H,1-3H3,(H2,11,16)(H3,12,13,14,15). The zero-order chi connectivity index (χ0) is 13.0. The minimum atomic E-state index is -0.519. The van der Waals surface area contributed by atoms with Gasteiger partial charge in [0.1, 0.15) is 11.9 Å². The third-order valence-corrected chi connectivity index (χ3v) is 2.21. The smallest absolute Gasteiger partial charge is 0.240 e. The molecule has 17 heavy (non-hydrogen) atoms. The molecule has 1 unspecified atom stereocenters. The Morgan fingerprint density at radius 2 is 2.12 bits per heavy atom. The van der Waals surface area contributed by atoms with Crippen LogP contribution < -0.4 is 21.5 Å². The van der Waals surface area contributed by atoms with E-state index in [1.807, 2.05) is 13.8 Å². The van der Waals surface area contributed by atoms with E-state index in [2.05, 4.69) is 15.3 Å². The van der Waals surface area contributed by atoms with Crippen molar-refractivity contribution in [3.05, 3.63) is 6.07 Å². The molecule has 7 heteroatoms. The molecule has 1 heterocycles. The summed E-state index contributed by atoms with van der Waals surface area (Å²) in [7, 11) is 1.47. The molecule has 0 aliphatic heterocycles. The highest BCUT2D eigenvalue weighted by atomic mass is 16.5. The van der Waals surface area contributed by atoms with Crippen LogP contribution in [0, 0.1) is 5.92 Å². The van der Waals surface area contributed by atoms with Gasteiger partial charge in [-0.3, -0.25) is 4.79 Å². The number of hydrogen-bond donors (Lipinski definition) is 3. The Morgan fingerprint density at radius 3 is 2.59 bits per heavy atom. The molecule has 0 fully saturated rings. The van der Waals surface area contributed by atoms with E-state index in [0.29, 0.717) is 11.7 Å². The predicted molar refractivity (Wildman–Crippen MR) is 64.4 cm³/mol. The number of aromatic nitrogens is 2. The fourth-order valence-electron chi connectivity index (χ4n) is 1.35. The van der Waals surface area contributed by atoms with Crippen molar-refractivity contribution in [2.24, 2.45) is 11.7 Å². The van der Waals surface area contributed by atoms with Crippen molar-refractivity contribution in [3.8, 4) is 5.88 Å². The van der Waals surface area contributed by atoms with Crippen LogP contribution in [0.25, 0.3) is 0 Å². The summed E-state index contributed by atoms with van der Waals surface area (Å²) in [6, 6.07) is 1.03. The second-order valence-corrected chi connectivity index (χ2v) is 3.92. The molecule has 1 aromatic rings. The summed E-state index contributed by atoms with van der Waals surface area (Å²) in [5.41, 5.74) is 10.8. The molecule has 0 saturated carbocycles. The van der Waals surface area contributed by atoms with E-state index in [4.69, 9.17) is 16.2 Å². The number of nitrogen functional groups attached to an aromatic ring is 1. The Labute approximate surface area is 99.6 Å².